The van der Waals surface area contributed by atoms with Crippen LogP contribution in [-0.2, 0) is 9.59 Å². The van der Waals surface area contributed by atoms with Gasteiger partial charge in [-0.1, -0.05) is 19.1 Å². The number of halogens is 1. The van der Waals surface area contributed by atoms with Crippen molar-refractivity contribution in [2.75, 3.05) is 9.80 Å². The largest absolute Gasteiger partial charge is 0.364 e. The lowest BCUT2D eigenvalue weighted by molar-refractivity contribution is -0.122. The van der Waals surface area contributed by atoms with Gasteiger partial charge in [0.25, 0.3) is 11.8 Å². The van der Waals surface area contributed by atoms with E-state index in [1.807, 2.05) is 18.2 Å². The van der Waals surface area contributed by atoms with E-state index < -0.39 is 23.7 Å². The van der Waals surface area contributed by atoms with Crippen LogP contribution in [0.5, 0.6) is 0 Å². The Labute approximate surface area is 193 Å². The Hall–Kier alpha value is -3.48. The first-order valence-electron chi connectivity index (χ1n) is 11.1. The van der Waals surface area contributed by atoms with Crippen molar-refractivity contribution in [3.63, 3.8) is 0 Å². The predicted octanol–water partition coefficient (Wildman–Crippen LogP) is 4.99. The topological polar surface area (TPSA) is 69.7 Å². The van der Waals surface area contributed by atoms with Crippen molar-refractivity contribution in [2.45, 2.75) is 58.5 Å². The van der Waals surface area contributed by atoms with Crippen LogP contribution in [-0.4, -0.2) is 29.4 Å². The van der Waals surface area contributed by atoms with Crippen LogP contribution in [0.3, 0.4) is 0 Å². The van der Waals surface area contributed by atoms with Gasteiger partial charge in [-0.15, -0.1) is 0 Å². The van der Waals surface area contributed by atoms with E-state index in [0.29, 0.717) is 17.5 Å². The first kappa shape index (κ1) is 22.7. The monoisotopic (exact) mass is 449 g/mol. The third-order valence-electron chi connectivity index (χ3n) is 6.30. The van der Waals surface area contributed by atoms with Crippen LogP contribution < -0.4 is 15.1 Å². The summed E-state index contributed by atoms with van der Waals surface area (Å²) >= 11 is 0. The van der Waals surface area contributed by atoms with Crippen molar-refractivity contribution in [1.82, 2.24) is 5.32 Å². The Bertz CT molecular complexity index is 1190. The second-order valence-corrected chi connectivity index (χ2v) is 9.64. The van der Waals surface area contributed by atoms with Crippen molar-refractivity contribution in [1.29, 1.82) is 0 Å². The molecule has 0 spiro atoms. The van der Waals surface area contributed by atoms with Gasteiger partial charge in [-0.2, -0.15) is 0 Å². The molecule has 2 aromatic carbocycles. The number of fused-ring (bicyclic) bond motifs is 1. The third kappa shape index (κ3) is 4.03. The summed E-state index contributed by atoms with van der Waals surface area (Å²) in [5.41, 5.74) is 2.88. The molecule has 0 aromatic heterocycles. The number of imide groups is 2. The zero-order valence-electron chi connectivity index (χ0n) is 19.5. The molecule has 0 saturated carbocycles. The smallest absolute Gasteiger partial charge is 0.335 e. The highest BCUT2D eigenvalue weighted by atomic mass is 19.1. The van der Waals surface area contributed by atoms with E-state index in [9.17, 15) is 18.8 Å². The molecule has 1 atom stereocenters. The Morgan fingerprint density at radius 3 is 2.52 bits per heavy atom. The zero-order valence-corrected chi connectivity index (χ0v) is 19.5. The van der Waals surface area contributed by atoms with Gasteiger partial charge in [0.15, 0.2) is 0 Å². The van der Waals surface area contributed by atoms with E-state index >= 15 is 0 Å². The average Bonchev–Trinajstić information content (AvgIpc) is 2.70. The molecule has 2 aliphatic rings. The molecule has 0 unspecified atom stereocenters. The lowest BCUT2D eigenvalue weighted by Gasteiger charge is -2.50. The van der Waals surface area contributed by atoms with Crippen molar-refractivity contribution in [2.24, 2.45) is 0 Å². The minimum atomic E-state index is -0.901. The summed E-state index contributed by atoms with van der Waals surface area (Å²) in [6, 6.07) is 10.4. The van der Waals surface area contributed by atoms with E-state index in [4.69, 9.17) is 0 Å². The van der Waals surface area contributed by atoms with Gasteiger partial charge in [0.05, 0.1) is 5.69 Å². The first-order valence-corrected chi connectivity index (χ1v) is 11.1. The standard InChI is InChI=1S/C26H28FN3O3/c1-15(2)30-22-10-9-17(11-20(22)16(3)14-26(30,4)5)12-21-23(31)28-25(33)29(24(21)32)19-8-6-7-18(27)13-19/h6-13,15-16H,14H2,1-5H3,(H,28,31,33)/b21-12+/t16-/m1/s1. The maximum absolute atomic E-state index is 13.7. The lowest BCUT2D eigenvalue weighted by Crippen LogP contribution is -2.54. The van der Waals surface area contributed by atoms with Gasteiger partial charge in [0.1, 0.15) is 11.4 Å². The van der Waals surface area contributed by atoms with Crippen LogP contribution >= 0.6 is 0 Å². The van der Waals surface area contributed by atoms with E-state index in [1.54, 1.807) is 0 Å². The Morgan fingerprint density at radius 1 is 1.12 bits per heavy atom. The van der Waals surface area contributed by atoms with Gasteiger partial charge in [-0.25, -0.2) is 14.1 Å². The summed E-state index contributed by atoms with van der Waals surface area (Å²) in [4.78, 5) is 41.1. The molecule has 1 fully saturated rings. The molecule has 172 valence electrons. The predicted molar refractivity (Wildman–Crippen MR) is 127 cm³/mol. The minimum absolute atomic E-state index is 0.00556. The van der Waals surface area contributed by atoms with E-state index in [1.165, 1.54) is 24.3 Å². The van der Waals surface area contributed by atoms with Crippen LogP contribution in [0.25, 0.3) is 6.08 Å². The van der Waals surface area contributed by atoms with Gasteiger partial charge in [-0.3, -0.25) is 14.9 Å². The fourth-order valence-corrected chi connectivity index (χ4v) is 5.21. The van der Waals surface area contributed by atoms with Crippen molar-refractivity contribution in [3.8, 4) is 0 Å². The maximum atomic E-state index is 13.7. The summed E-state index contributed by atoms with van der Waals surface area (Å²) in [5.74, 6) is -1.85. The number of nitrogens with one attached hydrogen (secondary N) is 1. The third-order valence-corrected chi connectivity index (χ3v) is 6.30. The fourth-order valence-electron chi connectivity index (χ4n) is 5.21. The molecule has 2 aromatic rings. The Kier molecular flexibility index (Phi) is 5.60. The number of amides is 4. The molecule has 2 heterocycles. The molecule has 0 bridgehead atoms. The van der Waals surface area contributed by atoms with Gasteiger partial charge in [0.2, 0.25) is 0 Å². The average molecular weight is 450 g/mol. The normalized spacial score (nSPS) is 21.5. The number of carbonyl (C=O) groups is 3. The summed E-state index contributed by atoms with van der Waals surface area (Å²) in [6.45, 7) is 11.0. The molecule has 6 nitrogen and oxygen atoms in total. The SMILES string of the molecule is CC(C)N1c2ccc(/C=C3\C(=O)NC(=O)N(c4cccc(F)c4)C3=O)cc2[C@H](C)CC1(C)C. The molecule has 33 heavy (non-hydrogen) atoms. The summed E-state index contributed by atoms with van der Waals surface area (Å²) < 4.78 is 13.7. The lowest BCUT2D eigenvalue weighted by atomic mass is 9.78. The number of urea groups is 1. The van der Waals surface area contributed by atoms with E-state index in [-0.39, 0.29) is 16.8 Å². The highest BCUT2D eigenvalue weighted by molar-refractivity contribution is 6.39. The maximum Gasteiger partial charge on any atom is 0.335 e. The van der Waals surface area contributed by atoms with Crippen molar-refractivity contribution < 1.29 is 18.8 Å². The van der Waals surface area contributed by atoms with Gasteiger partial charge >= 0.3 is 6.03 Å². The van der Waals surface area contributed by atoms with Crippen molar-refractivity contribution in [3.05, 3.63) is 65.0 Å². The van der Waals surface area contributed by atoms with Crippen LogP contribution in [0, 0.1) is 5.82 Å². The molecule has 1 N–H and O–H groups in total. The molecule has 0 radical (unpaired) electrons. The summed E-state index contributed by atoms with van der Waals surface area (Å²) in [5, 5.41) is 2.18. The molecule has 1 saturated heterocycles. The van der Waals surface area contributed by atoms with Gasteiger partial charge < -0.3 is 4.90 Å². The highest BCUT2D eigenvalue weighted by Gasteiger charge is 2.39. The number of hydrogen-bond donors (Lipinski definition) is 1. The van der Waals surface area contributed by atoms with Crippen LogP contribution in [0.1, 0.15) is 58.1 Å². The Balaban J connectivity index is 1.74. The Morgan fingerprint density at radius 2 is 1.85 bits per heavy atom. The van der Waals surface area contributed by atoms with Gasteiger partial charge in [-0.05, 0) is 87.6 Å². The quantitative estimate of drug-likeness (QED) is 0.529. The molecule has 0 aliphatic carbocycles. The highest BCUT2D eigenvalue weighted by Crippen LogP contribution is 2.44. The molecular formula is C26H28FN3O3. The molecular weight excluding hydrogens is 421 g/mol. The van der Waals surface area contributed by atoms with Crippen LogP contribution in [0.15, 0.2) is 48.0 Å². The summed E-state index contributed by atoms with van der Waals surface area (Å²) in [6.07, 6.45) is 2.46. The molecule has 4 rings (SSSR count). The minimum Gasteiger partial charge on any atom is -0.364 e. The van der Waals surface area contributed by atoms with Crippen LogP contribution in [0.4, 0.5) is 20.6 Å². The number of hydrogen-bond acceptors (Lipinski definition) is 4. The molecule has 2 aliphatic heterocycles. The van der Waals surface area contributed by atoms with Crippen molar-refractivity contribution >= 4 is 35.3 Å². The number of barbiturate groups is 1. The zero-order chi connectivity index (χ0) is 24.1. The van der Waals surface area contributed by atoms with E-state index in [2.05, 4.69) is 44.8 Å². The number of nitrogens with zero attached hydrogens (tertiary/aromatic N) is 2. The molecule has 7 heteroatoms. The second kappa shape index (κ2) is 8.14. The molecule has 4 amide bonds. The van der Waals surface area contributed by atoms with E-state index in [0.717, 1.165) is 28.6 Å². The number of carbonyl (C=O) groups excluding carboxylic acids is 3. The second-order valence-electron chi connectivity index (χ2n) is 9.64. The number of benzene rings is 2. The number of rotatable bonds is 3. The van der Waals surface area contributed by atoms with Gasteiger partial charge in [0, 0.05) is 17.3 Å². The van der Waals surface area contributed by atoms with Crippen LogP contribution in [0.2, 0.25) is 0 Å². The summed E-state index contributed by atoms with van der Waals surface area (Å²) in [7, 11) is 0. The fraction of sp³-hybridized carbons (Fsp3) is 0.346. The first-order chi connectivity index (χ1) is 15.5. The number of anilines is 2.